The molecule has 0 bridgehead atoms. The lowest BCUT2D eigenvalue weighted by atomic mass is 10.2. The number of carbonyl (C=O) groups excluding carboxylic acids is 1. The average molecular weight is 444 g/mol. The van der Waals surface area contributed by atoms with Crippen LogP contribution in [0.3, 0.4) is 0 Å². The lowest BCUT2D eigenvalue weighted by Crippen LogP contribution is -2.56. The van der Waals surface area contributed by atoms with Gasteiger partial charge in [0.05, 0.1) is 5.75 Å². The van der Waals surface area contributed by atoms with Gasteiger partial charge in [0.15, 0.2) is 5.78 Å². The summed E-state index contributed by atoms with van der Waals surface area (Å²) in [7, 11) is -10.0. The van der Waals surface area contributed by atoms with Crippen LogP contribution in [-0.2, 0) is 13.7 Å². The van der Waals surface area contributed by atoms with Gasteiger partial charge in [0, 0.05) is 5.56 Å². The lowest BCUT2D eigenvalue weighted by molar-refractivity contribution is -0.333. The molecule has 1 rings (SSSR count). The van der Waals surface area contributed by atoms with E-state index in [4.69, 9.17) is 0 Å². The number of halogens is 7. The second-order valence-corrected chi connectivity index (χ2v) is 10.7. The summed E-state index contributed by atoms with van der Waals surface area (Å²) in [5, 5.41) is -6.57. The van der Waals surface area contributed by atoms with Gasteiger partial charge in [-0.2, -0.15) is 39.2 Å². The molecule has 0 aliphatic carbocycles. The molecule has 0 fully saturated rings. The van der Waals surface area contributed by atoms with E-state index in [1.165, 1.54) is 31.2 Å². The van der Waals surface area contributed by atoms with Gasteiger partial charge in [0.2, 0.25) is 0 Å². The first-order chi connectivity index (χ1) is 12.0. The quantitative estimate of drug-likeness (QED) is 0.441. The minimum atomic E-state index is -6.88. The summed E-state index contributed by atoms with van der Waals surface area (Å²) in [6, 6.07) is 7.14. The second-order valence-electron chi connectivity index (χ2n) is 5.52. The SMILES string of the molecule is CCS(C)(CC(=O)c1ccccc1)OS(=O)(=O)C(F)(F)C(F)(F)C(F)(F)F. The summed E-state index contributed by atoms with van der Waals surface area (Å²) in [6.07, 6.45) is -5.90. The summed E-state index contributed by atoms with van der Waals surface area (Å²) in [5.41, 5.74) is 0.0676. The molecule has 1 aromatic carbocycles. The van der Waals surface area contributed by atoms with Crippen LogP contribution < -0.4 is 0 Å². The highest BCUT2D eigenvalue weighted by molar-refractivity contribution is 8.33. The highest BCUT2D eigenvalue weighted by Crippen LogP contribution is 2.55. The Morgan fingerprint density at radius 3 is 1.89 bits per heavy atom. The maximum atomic E-state index is 13.5. The third kappa shape index (κ3) is 4.74. The van der Waals surface area contributed by atoms with Crippen LogP contribution in [0.2, 0.25) is 0 Å². The van der Waals surface area contributed by atoms with E-state index in [0.29, 0.717) is 0 Å². The number of Topliss-reactive ketones (excluding diaryl/α,β-unsaturated/α-hetero) is 1. The van der Waals surface area contributed by atoms with Crippen molar-refractivity contribution in [3.05, 3.63) is 35.9 Å². The molecule has 1 atom stereocenters. The van der Waals surface area contributed by atoms with Gasteiger partial charge >= 0.3 is 27.5 Å². The molecule has 1 aromatic rings. The van der Waals surface area contributed by atoms with Crippen molar-refractivity contribution in [3.63, 3.8) is 0 Å². The number of benzene rings is 1. The van der Waals surface area contributed by atoms with Crippen molar-refractivity contribution in [3.8, 4) is 0 Å². The minimum Gasteiger partial charge on any atom is -0.293 e. The minimum absolute atomic E-state index is 0.0676. The van der Waals surface area contributed by atoms with Crippen molar-refractivity contribution in [2.45, 2.75) is 24.3 Å². The van der Waals surface area contributed by atoms with Gasteiger partial charge in [-0.05, 0) is 12.0 Å². The molecule has 13 heteroatoms. The van der Waals surface area contributed by atoms with Crippen LogP contribution in [0.4, 0.5) is 30.7 Å². The fourth-order valence-electron chi connectivity index (χ4n) is 1.74. The number of hydrogen-bond acceptors (Lipinski definition) is 4. The molecule has 27 heavy (non-hydrogen) atoms. The van der Waals surface area contributed by atoms with Gasteiger partial charge in [-0.1, -0.05) is 37.3 Å². The van der Waals surface area contributed by atoms with Gasteiger partial charge < -0.3 is 0 Å². The van der Waals surface area contributed by atoms with Crippen molar-refractivity contribution in [1.29, 1.82) is 0 Å². The van der Waals surface area contributed by atoms with Crippen LogP contribution >= 0.6 is 10.3 Å². The molecule has 0 spiro atoms. The van der Waals surface area contributed by atoms with Crippen molar-refractivity contribution in [1.82, 2.24) is 0 Å². The number of carbonyl (C=O) groups is 1. The average Bonchev–Trinajstić information content (AvgIpc) is 2.53. The number of ketones is 1. The molecule has 0 heterocycles. The summed E-state index contributed by atoms with van der Waals surface area (Å²) >= 11 is 0. The molecule has 0 amide bonds. The number of alkyl halides is 7. The Balaban J connectivity index is 3.18. The van der Waals surface area contributed by atoms with E-state index >= 15 is 0 Å². The predicted molar refractivity (Wildman–Crippen MR) is 85.6 cm³/mol. The molecule has 0 aliphatic heterocycles. The maximum absolute atomic E-state index is 13.5. The first-order valence-corrected chi connectivity index (χ1v) is 10.8. The smallest absolute Gasteiger partial charge is 0.293 e. The van der Waals surface area contributed by atoms with E-state index in [2.05, 4.69) is 3.63 Å². The Morgan fingerprint density at radius 2 is 1.48 bits per heavy atom. The van der Waals surface area contributed by atoms with E-state index < -0.39 is 49.3 Å². The molecular weight excluding hydrogens is 429 g/mol. The third-order valence-corrected chi connectivity index (χ3v) is 8.44. The standard InChI is InChI=1S/C14H15F7O4S2/c1-3-26(2,9-11(22)10-7-5-4-6-8-10)25-27(23,24)14(20,21)12(15,16)13(17,18)19/h4-8H,3,9H2,1-2H3. The van der Waals surface area contributed by atoms with E-state index in [9.17, 15) is 43.9 Å². The van der Waals surface area contributed by atoms with Crippen molar-refractivity contribution >= 4 is 26.2 Å². The van der Waals surface area contributed by atoms with Gasteiger partial charge in [-0.15, -0.1) is 10.3 Å². The summed E-state index contributed by atoms with van der Waals surface area (Å²) in [6.45, 7) is 1.23. The van der Waals surface area contributed by atoms with E-state index in [-0.39, 0.29) is 11.3 Å². The second kappa shape index (κ2) is 7.59. The molecular formula is C14H15F7O4S2. The molecule has 0 N–H and O–H groups in total. The summed E-state index contributed by atoms with van der Waals surface area (Å²) < 4.78 is 117. The summed E-state index contributed by atoms with van der Waals surface area (Å²) in [5.74, 6) is -8.74. The lowest BCUT2D eigenvalue weighted by Gasteiger charge is -2.35. The van der Waals surface area contributed by atoms with Gasteiger partial charge in [-0.25, -0.2) is 3.63 Å². The van der Waals surface area contributed by atoms with Crippen molar-refractivity contribution < 1.29 is 47.6 Å². The molecule has 0 radical (unpaired) electrons. The highest BCUT2D eigenvalue weighted by Gasteiger charge is 2.79. The predicted octanol–water partition coefficient (Wildman–Crippen LogP) is 4.38. The Bertz CT molecular complexity index is 778. The fraction of sp³-hybridized carbons (Fsp3) is 0.500. The maximum Gasteiger partial charge on any atom is 0.461 e. The Hall–Kier alpha value is -1.34. The van der Waals surface area contributed by atoms with Crippen molar-refractivity contribution in [2.24, 2.45) is 0 Å². The molecule has 4 nitrogen and oxygen atoms in total. The molecule has 156 valence electrons. The molecule has 0 saturated carbocycles. The van der Waals surface area contributed by atoms with Crippen LogP contribution in [0.15, 0.2) is 30.3 Å². The van der Waals surface area contributed by atoms with Gasteiger partial charge in [0.1, 0.15) is 0 Å². The largest absolute Gasteiger partial charge is 0.461 e. The zero-order valence-corrected chi connectivity index (χ0v) is 15.5. The molecule has 0 aliphatic rings. The van der Waals surface area contributed by atoms with E-state index in [1.54, 1.807) is 6.07 Å². The zero-order chi connectivity index (χ0) is 21.3. The monoisotopic (exact) mass is 444 g/mol. The van der Waals surface area contributed by atoms with Gasteiger partial charge in [-0.3, -0.25) is 4.79 Å². The van der Waals surface area contributed by atoms with E-state index in [0.717, 1.165) is 6.26 Å². The van der Waals surface area contributed by atoms with E-state index in [1.807, 2.05) is 0 Å². The molecule has 0 saturated heterocycles. The van der Waals surface area contributed by atoms with Crippen LogP contribution in [0.5, 0.6) is 0 Å². The highest BCUT2D eigenvalue weighted by atomic mass is 32.3. The van der Waals surface area contributed by atoms with Crippen molar-refractivity contribution in [2.75, 3.05) is 17.8 Å². The number of hydrogen-bond donors (Lipinski definition) is 0. The fourth-order valence-corrected chi connectivity index (χ4v) is 5.74. The van der Waals surface area contributed by atoms with Crippen LogP contribution in [0.25, 0.3) is 0 Å². The number of rotatable bonds is 8. The zero-order valence-electron chi connectivity index (χ0n) is 13.9. The summed E-state index contributed by atoms with van der Waals surface area (Å²) in [4.78, 5) is 12.1. The first-order valence-electron chi connectivity index (χ1n) is 7.10. The van der Waals surface area contributed by atoms with Crippen LogP contribution in [0, 0.1) is 0 Å². The third-order valence-electron chi connectivity index (χ3n) is 3.43. The normalized spacial score (nSPS) is 17.2. The Morgan fingerprint density at radius 1 is 1.00 bits per heavy atom. The van der Waals surface area contributed by atoms with Crippen LogP contribution in [-0.4, -0.2) is 49.3 Å². The Labute approximate surface area is 152 Å². The van der Waals surface area contributed by atoms with Gasteiger partial charge in [0.25, 0.3) is 0 Å². The Kier molecular flexibility index (Phi) is 6.66. The topological polar surface area (TPSA) is 60.4 Å². The first kappa shape index (κ1) is 23.7. The molecule has 1 unspecified atom stereocenters. The van der Waals surface area contributed by atoms with Crippen LogP contribution in [0.1, 0.15) is 17.3 Å². The molecule has 0 aromatic heterocycles.